The maximum absolute atomic E-state index is 5.90. The van der Waals surface area contributed by atoms with E-state index in [4.69, 9.17) is 16.3 Å². The van der Waals surface area contributed by atoms with E-state index in [0.29, 0.717) is 12.6 Å². The molecule has 0 aliphatic carbocycles. The Morgan fingerprint density at radius 3 is 2.52 bits per heavy atom. The van der Waals surface area contributed by atoms with Crippen molar-refractivity contribution >= 4 is 11.6 Å². The summed E-state index contributed by atoms with van der Waals surface area (Å²) in [7, 11) is 0. The zero-order chi connectivity index (χ0) is 17.5. The van der Waals surface area contributed by atoms with Crippen LogP contribution in [0.5, 0.6) is 5.75 Å². The molecule has 3 rings (SSSR count). The highest BCUT2D eigenvalue weighted by atomic mass is 35.5. The fraction of sp³-hybridized carbons (Fsp3) is 0.429. The van der Waals surface area contributed by atoms with E-state index in [-0.39, 0.29) is 0 Å². The number of likely N-dealkylation sites (tertiary alicyclic amines) is 1. The van der Waals surface area contributed by atoms with Gasteiger partial charge in [-0.1, -0.05) is 42.8 Å². The summed E-state index contributed by atoms with van der Waals surface area (Å²) < 4.78 is 5.83. The van der Waals surface area contributed by atoms with Crippen LogP contribution in [0.2, 0.25) is 5.02 Å². The van der Waals surface area contributed by atoms with Gasteiger partial charge in [0.2, 0.25) is 0 Å². The second kappa shape index (κ2) is 9.23. The molecule has 0 unspecified atom stereocenters. The third kappa shape index (κ3) is 5.46. The van der Waals surface area contributed by atoms with Crippen LogP contribution < -0.4 is 10.1 Å². The number of likely N-dealkylation sites (N-methyl/N-ethyl adjacent to an activating group) is 1. The molecular formula is C21H27ClN2O. The van der Waals surface area contributed by atoms with Crippen molar-refractivity contribution in [3.05, 3.63) is 64.7 Å². The van der Waals surface area contributed by atoms with Crippen LogP contribution in [-0.4, -0.2) is 30.6 Å². The van der Waals surface area contributed by atoms with E-state index < -0.39 is 0 Å². The molecule has 1 atom stereocenters. The van der Waals surface area contributed by atoms with Gasteiger partial charge < -0.3 is 10.1 Å². The van der Waals surface area contributed by atoms with Crippen LogP contribution in [0.15, 0.2) is 48.5 Å². The maximum atomic E-state index is 5.90. The van der Waals surface area contributed by atoms with Gasteiger partial charge in [-0.2, -0.15) is 0 Å². The molecule has 0 saturated carbocycles. The van der Waals surface area contributed by atoms with Crippen LogP contribution in [0.25, 0.3) is 0 Å². The predicted molar refractivity (Wildman–Crippen MR) is 104 cm³/mol. The van der Waals surface area contributed by atoms with Gasteiger partial charge in [0.05, 0.1) is 0 Å². The summed E-state index contributed by atoms with van der Waals surface area (Å²) >= 11 is 5.90. The molecule has 1 N–H and O–H groups in total. The summed E-state index contributed by atoms with van der Waals surface area (Å²) in [5.74, 6) is 0.895. The fourth-order valence-corrected chi connectivity index (χ4v) is 3.50. The molecule has 1 aliphatic heterocycles. The Hall–Kier alpha value is -1.55. The molecule has 0 aromatic heterocycles. The van der Waals surface area contributed by atoms with Crippen LogP contribution in [0.3, 0.4) is 0 Å². The van der Waals surface area contributed by atoms with E-state index in [1.165, 1.54) is 24.9 Å². The Labute approximate surface area is 155 Å². The molecule has 0 amide bonds. The lowest BCUT2D eigenvalue weighted by atomic mass is 10.2. The summed E-state index contributed by atoms with van der Waals surface area (Å²) in [4.78, 5) is 2.57. The number of nitrogens with zero attached hydrogens (tertiary/aromatic N) is 1. The van der Waals surface area contributed by atoms with Crippen molar-refractivity contribution in [2.75, 3.05) is 19.6 Å². The smallest absolute Gasteiger partial charge is 0.119 e. The van der Waals surface area contributed by atoms with E-state index in [2.05, 4.69) is 29.3 Å². The number of hydrogen-bond donors (Lipinski definition) is 1. The summed E-state index contributed by atoms with van der Waals surface area (Å²) in [5.41, 5.74) is 2.41. The Bertz CT molecular complexity index is 642. The highest BCUT2D eigenvalue weighted by Crippen LogP contribution is 2.17. The standard InChI is InChI=1S/C21H27ClN2O/c1-2-24-13-3-4-20(24)15-23-14-17-7-11-21(12-8-17)25-16-18-5-9-19(22)10-6-18/h5-12,20,23H,2-4,13-16H2,1H3/t20-/m1/s1. The van der Waals surface area contributed by atoms with E-state index >= 15 is 0 Å². The molecule has 1 saturated heterocycles. The normalized spacial score (nSPS) is 17.8. The van der Waals surface area contributed by atoms with Crippen LogP contribution in [-0.2, 0) is 13.2 Å². The third-order valence-electron chi connectivity index (χ3n) is 4.86. The molecule has 4 heteroatoms. The monoisotopic (exact) mass is 358 g/mol. The lowest BCUT2D eigenvalue weighted by Crippen LogP contribution is -2.37. The van der Waals surface area contributed by atoms with Crippen molar-refractivity contribution in [2.45, 2.75) is 39.0 Å². The topological polar surface area (TPSA) is 24.5 Å². The van der Waals surface area contributed by atoms with Gasteiger partial charge in [0.1, 0.15) is 12.4 Å². The average molecular weight is 359 g/mol. The largest absolute Gasteiger partial charge is 0.489 e. The van der Waals surface area contributed by atoms with Crippen molar-refractivity contribution in [1.82, 2.24) is 10.2 Å². The minimum atomic E-state index is 0.559. The van der Waals surface area contributed by atoms with E-state index in [9.17, 15) is 0 Å². The molecule has 2 aromatic rings. The first kappa shape index (κ1) is 18.2. The quantitative estimate of drug-likeness (QED) is 0.752. The Balaban J connectivity index is 1.41. The van der Waals surface area contributed by atoms with Crippen molar-refractivity contribution in [1.29, 1.82) is 0 Å². The minimum absolute atomic E-state index is 0.559. The third-order valence-corrected chi connectivity index (χ3v) is 5.11. The van der Waals surface area contributed by atoms with Crippen molar-refractivity contribution in [3.63, 3.8) is 0 Å². The summed E-state index contributed by atoms with van der Waals surface area (Å²) in [6.45, 7) is 7.20. The van der Waals surface area contributed by atoms with Gasteiger partial charge in [-0.05, 0) is 61.3 Å². The van der Waals surface area contributed by atoms with Gasteiger partial charge in [0.15, 0.2) is 0 Å². The van der Waals surface area contributed by atoms with Crippen LogP contribution in [0, 0.1) is 0 Å². The SMILES string of the molecule is CCN1CCC[C@@H]1CNCc1ccc(OCc2ccc(Cl)cc2)cc1. The summed E-state index contributed by atoms with van der Waals surface area (Å²) in [6.07, 6.45) is 2.65. The molecule has 0 radical (unpaired) electrons. The number of hydrogen-bond acceptors (Lipinski definition) is 3. The Morgan fingerprint density at radius 1 is 1.08 bits per heavy atom. The zero-order valence-electron chi connectivity index (χ0n) is 14.9. The van der Waals surface area contributed by atoms with E-state index in [0.717, 1.165) is 36.0 Å². The second-order valence-corrected chi connectivity index (χ2v) is 7.05. The number of rotatable bonds is 8. The van der Waals surface area contributed by atoms with Gasteiger partial charge in [-0.3, -0.25) is 4.90 Å². The van der Waals surface area contributed by atoms with Crippen molar-refractivity contribution in [3.8, 4) is 5.75 Å². The highest BCUT2D eigenvalue weighted by molar-refractivity contribution is 6.30. The van der Waals surface area contributed by atoms with Crippen LogP contribution in [0.1, 0.15) is 30.9 Å². The molecule has 2 aromatic carbocycles. The summed E-state index contributed by atoms with van der Waals surface area (Å²) in [5, 5.41) is 4.35. The molecule has 1 fully saturated rings. The molecule has 134 valence electrons. The zero-order valence-corrected chi connectivity index (χ0v) is 15.6. The Morgan fingerprint density at radius 2 is 1.80 bits per heavy atom. The predicted octanol–water partition coefficient (Wildman–Crippen LogP) is 4.49. The van der Waals surface area contributed by atoms with Crippen molar-refractivity contribution < 1.29 is 4.74 Å². The molecule has 1 aliphatic rings. The van der Waals surface area contributed by atoms with E-state index in [1.54, 1.807) is 0 Å². The second-order valence-electron chi connectivity index (χ2n) is 6.61. The first-order chi connectivity index (χ1) is 12.2. The van der Waals surface area contributed by atoms with Gasteiger partial charge in [-0.25, -0.2) is 0 Å². The number of nitrogens with one attached hydrogen (secondary N) is 1. The fourth-order valence-electron chi connectivity index (χ4n) is 3.38. The van der Waals surface area contributed by atoms with Crippen LogP contribution in [0.4, 0.5) is 0 Å². The lowest BCUT2D eigenvalue weighted by molar-refractivity contribution is 0.260. The van der Waals surface area contributed by atoms with Gasteiger partial charge in [0.25, 0.3) is 0 Å². The number of halogens is 1. The van der Waals surface area contributed by atoms with Gasteiger partial charge >= 0.3 is 0 Å². The van der Waals surface area contributed by atoms with Crippen molar-refractivity contribution in [2.24, 2.45) is 0 Å². The van der Waals surface area contributed by atoms with Gasteiger partial charge in [-0.15, -0.1) is 0 Å². The first-order valence-corrected chi connectivity index (χ1v) is 9.53. The van der Waals surface area contributed by atoms with E-state index in [1.807, 2.05) is 36.4 Å². The van der Waals surface area contributed by atoms with Gasteiger partial charge in [0, 0.05) is 24.2 Å². The van der Waals surface area contributed by atoms with Crippen LogP contribution >= 0.6 is 11.6 Å². The molecule has 25 heavy (non-hydrogen) atoms. The molecular weight excluding hydrogens is 332 g/mol. The molecule has 3 nitrogen and oxygen atoms in total. The Kier molecular flexibility index (Phi) is 6.74. The average Bonchev–Trinajstić information content (AvgIpc) is 3.10. The lowest BCUT2D eigenvalue weighted by Gasteiger charge is -2.23. The number of benzene rings is 2. The first-order valence-electron chi connectivity index (χ1n) is 9.15. The molecule has 0 bridgehead atoms. The highest BCUT2D eigenvalue weighted by Gasteiger charge is 2.21. The summed E-state index contributed by atoms with van der Waals surface area (Å²) in [6, 6.07) is 16.8. The minimum Gasteiger partial charge on any atom is -0.489 e. The molecule has 1 heterocycles. The maximum Gasteiger partial charge on any atom is 0.119 e. The number of ether oxygens (including phenoxy) is 1. The molecule has 0 spiro atoms.